The summed E-state index contributed by atoms with van der Waals surface area (Å²) in [5.74, 6) is -0.396. The smallest absolute Gasteiger partial charge is 0.288 e. The lowest BCUT2D eigenvalue weighted by Gasteiger charge is -2.32. The molecule has 2 unspecified atom stereocenters. The number of hydrogen-bond acceptors (Lipinski definition) is 7. The van der Waals surface area contributed by atoms with Crippen LogP contribution in [0.1, 0.15) is 69.0 Å². The first-order valence-corrected chi connectivity index (χ1v) is 14.4. The molecular formula is C32H41N3O7. The van der Waals surface area contributed by atoms with E-state index in [0.717, 1.165) is 24.8 Å². The van der Waals surface area contributed by atoms with Crippen LogP contribution in [0, 0.1) is 5.92 Å². The molecule has 10 heteroatoms. The third kappa shape index (κ3) is 9.37. The van der Waals surface area contributed by atoms with Crippen LogP contribution in [-0.4, -0.2) is 47.7 Å². The lowest BCUT2D eigenvalue weighted by Crippen LogP contribution is -2.48. The van der Waals surface area contributed by atoms with Gasteiger partial charge in [-0.3, -0.25) is 19.2 Å². The first kappa shape index (κ1) is 32.2. The van der Waals surface area contributed by atoms with Gasteiger partial charge in [-0.2, -0.15) is 0 Å². The Morgan fingerprint density at radius 1 is 1.02 bits per heavy atom. The number of carbonyl (C=O) groups excluding carboxylic acids is 3. The highest BCUT2D eigenvalue weighted by atomic mass is 16.7. The van der Waals surface area contributed by atoms with Gasteiger partial charge in [-0.05, 0) is 49.6 Å². The number of unbranched alkanes of at least 4 members (excludes halogenated alkanes) is 2. The maximum absolute atomic E-state index is 13.3. The van der Waals surface area contributed by atoms with Crippen molar-refractivity contribution in [1.29, 1.82) is 0 Å². The van der Waals surface area contributed by atoms with Gasteiger partial charge in [0, 0.05) is 11.6 Å². The SMILES string of the molecule is CCCCCC(C(=O)NCNC(=O)c1ccc(-c2cc(O)cc(OCC)c2)o1)C(CC)N(C=O)OCc1ccccc1. The minimum absolute atomic E-state index is 0.0125. The molecule has 0 saturated carbocycles. The van der Waals surface area contributed by atoms with Gasteiger partial charge in [-0.25, -0.2) is 5.06 Å². The third-order valence-electron chi connectivity index (χ3n) is 6.82. The second-order valence-corrected chi connectivity index (χ2v) is 9.84. The fraction of sp³-hybridized carbons (Fsp3) is 0.406. The number of rotatable bonds is 18. The summed E-state index contributed by atoms with van der Waals surface area (Å²) in [6.45, 7) is 6.35. The fourth-order valence-corrected chi connectivity index (χ4v) is 4.70. The molecule has 0 aliphatic rings. The molecule has 226 valence electrons. The van der Waals surface area contributed by atoms with Crippen molar-refractivity contribution in [3.8, 4) is 22.8 Å². The van der Waals surface area contributed by atoms with Crippen molar-refractivity contribution in [2.75, 3.05) is 13.3 Å². The number of nitrogens with zero attached hydrogens (tertiary/aromatic N) is 1. The van der Waals surface area contributed by atoms with Gasteiger partial charge in [-0.1, -0.05) is 63.4 Å². The van der Waals surface area contributed by atoms with E-state index >= 15 is 0 Å². The second kappa shape index (κ2) is 16.8. The Balaban J connectivity index is 1.62. The predicted molar refractivity (Wildman–Crippen MR) is 158 cm³/mol. The van der Waals surface area contributed by atoms with E-state index in [1.807, 2.05) is 44.2 Å². The zero-order valence-electron chi connectivity index (χ0n) is 24.5. The molecule has 1 heterocycles. The van der Waals surface area contributed by atoms with E-state index in [2.05, 4.69) is 17.6 Å². The first-order chi connectivity index (χ1) is 20.4. The lowest BCUT2D eigenvalue weighted by molar-refractivity contribution is -0.200. The zero-order chi connectivity index (χ0) is 30.3. The summed E-state index contributed by atoms with van der Waals surface area (Å²) in [6.07, 6.45) is 4.47. The number of carbonyl (C=O) groups is 3. The van der Waals surface area contributed by atoms with Crippen LogP contribution in [0.5, 0.6) is 11.5 Å². The van der Waals surface area contributed by atoms with E-state index in [0.29, 0.717) is 42.9 Å². The van der Waals surface area contributed by atoms with Crippen LogP contribution in [0.25, 0.3) is 11.3 Å². The molecule has 3 aromatic rings. The lowest BCUT2D eigenvalue weighted by atomic mass is 9.90. The second-order valence-electron chi connectivity index (χ2n) is 9.84. The largest absolute Gasteiger partial charge is 0.508 e. The number of phenols is 1. The molecule has 42 heavy (non-hydrogen) atoms. The van der Waals surface area contributed by atoms with Crippen LogP contribution >= 0.6 is 0 Å². The molecule has 0 spiro atoms. The number of ether oxygens (including phenoxy) is 1. The number of phenolic OH excluding ortho intramolecular Hbond substituents is 1. The van der Waals surface area contributed by atoms with Gasteiger partial charge in [0.25, 0.3) is 5.91 Å². The normalized spacial score (nSPS) is 12.3. The zero-order valence-corrected chi connectivity index (χ0v) is 24.5. The number of benzene rings is 2. The molecule has 0 radical (unpaired) electrons. The fourth-order valence-electron chi connectivity index (χ4n) is 4.70. The van der Waals surface area contributed by atoms with E-state index in [4.69, 9.17) is 14.0 Å². The Kier molecular flexibility index (Phi) is 12.9. The van der Waals surface area contributed by atoms with E-state index in [1.54, 1.807) is 12.1 Å². The molecule has 0 aliphatic heterocycles. The molecular weight excluding hydrogens is 538 g/mol. The van der Waals surface area contributed by atoms with Crippen molar-refractivity contribution < 1.29 is 33.5 Å². The van der Waals surface area contributed by atoms with E-state index < -0.39 is 17.9 Å². The maximum Gasteiger partial charge on any atom is 0.288 e. The van der Waals surface area contributed by atoms with Gasteiger partial charge in [0.1, 0.15) is 23.9 Å². The summed E-state index contributed by atoms with van der Waals surface area (Å²) in [5.41, 5.74) is 1.47. The summed E-state index contributed by atoms with van der Waals surface area (Å²) in [5, 5.41) is 16.7. The molecule has 0 bridgehead atoms. The van der Waals surface area contributed by atoms with Crippen LogP contribution in [0.4, 0.5) is 0 Å². The third-order valence-corrected chi connectivity index (χ3v) is 6.82. The quantitative estimate of drug-likeness (QED) is 0.0794. The van der Waals surface area contributed by atoms with Crippen molar-refractivity contribution >= 4 is 18.2 Å². The van der Waals surface area contributed by atoms with Crippen LogP contribution in [0.3, 0.4) is 0 Å². The van der Waals surface area contributed by atoms with Crippen molar-refractivity contribution in [3.05, 3.63) is 72.0 Å². The Morgan fingerprint density at radius 2 is 1.81 bits per heavy atom. The average molecular weight is 580 g/mol. The molecule has 3 amide bonds. The summed E-state index contributed by atoms with van der Waals surface area (Å²) in [6, 6.07) is 16.9. The van der Waals surface area contributed by atoms with Crippen molar-refractivity contribution in [3.63, 3.8) is 0 Å². The summed E-state index contributed by atoms with van der Waals surface area (Å²) in [4.78, 5) is 43.9. The van der Waals surface area contributed by atoms with Crippen molar-refractivity contribution in [2.45, 2.75) is 65.5 Å². The molecule has 3 rings (SSSR count). The molecule has 2 atom stereocenters. The molecule has 10 nitrogen and oxygen atoms in total. The standard InChI is InChI=1S/C32H41N3O7/c1-4-7-9-14-27(28(5-2)35(22-36)41-20-23-12-10-8-11-13-23)31(38)33-21-34-32(39)30-16-15-29(42-30)24-17-25(37)19-26(18-24)40-6-3/h8,10-13,15-19,22,27-28,37H,4-7,9,14,20-21H2,1-3H3,(H,33,38)(H,34,39). The summed E-state index contributed by atoms with van der Waals surface area (Å²) >= 11 is 0. The number of aromatic hydroxyl groups is 1. The molecule has 3 N–H and O–H groups in total. The molecule has 0 aliphatic carbocycles. The maximum atomic E-state index is 13.3. The Hall–Kier alpha value is -4.31. The Bertz CT molecular complexity index is 1280. The monoisotopic (exact) mass is 579 g/mol. The highest BCUT2D eigenvalue weighted by molar-refractivity contribution is 5.92. The van der Waals surface area contributed by atoms with Gasteiger partial charge in [-0.15, -0.1) is 0 Å². The summed E-state index contributed by atoms with van der Waals surface area (Å²) < 4.78 is 11.2. The molecule has 1 aromatic heterocycles. The highest BCUT2D eigenvalue weighted by Crippen LogP contribution is 2.30. The topological polar surface area (TPSA) is 130 Å². The molecule has 0 saturated heterocycles. The van der Waals surface area contributed by atoms with Crippen LogP contribution < -0.4 is 15.4 Å². The number of amides is 3. The number of hydrogen-bond donors (Lipinski definition) is 3. The average Bonchev–Trinajstić information content (AvgIpc) is 3.49. The van der Waals surface area contributed by atoms with Gasteiger partial charge >= 0.3 is 0 Å². The minimum atomic E-state index is -0.528. The first-order valence-electron chi connectivity index (χ1n) is 14.4. The van der Waals surface area contributed by atoms with Crippen molar-refractivity contribution in [1.82, 2.24) is 15.7 Å². The molecule has 2 aromatic carbocycles. The number of hydroxylamine groups is 2. The number of furan rings is 1. The van der Waals surface area contributed by atoms with Gasteiger partial charge in [0.2, 0.25) is 12.3 Å². The Labute approximate surface area is 246 Å². The Morgan fingerprint density at radius 3 is 2.50 bits per heavy atom. The van der Waals surface area contributed by atoms with Crippen molar-refractivity contribution in [2.24, 2.45) is 5.92 Å². The minimum Gasteiger partial charge on any atom is -0.508 e. The summed E-state index contributed by atoms with van der Waals surface area (Å²) in [7, 11) is 0. The van der Waals surface area contributed by atoms with E-state index in [9.17, 15) is 19.5 Å². The van der Waals surface area contributed by atoms with Crippen LogP contribution in [-0.2, 0) is 21.0 Å². The highest BCUT2D eigenvalue weighted by Gasteiger charge is 2.32. The van der Waals surface area contributed by atoms with Gasteiger partial charge in [0.05, 0.1) is 25.2 Å². The van der Waals surface area contributed by atoms with Crippen LogP contribution in [0.2, 0.25) is 0 Å². The number of nitrogens with one attached hydrogen (secondary N) is 2. The van der Waals surface area contributed by atoms with Gasteiger partial charge in [0.15, 0.2) is 5.76 Å². The van der Waals surface area contributed by atoms with E-state index in [-0.39, 0.29) is 30.7 Å². The van der Waals surface area contributed by atoms with E-state index in [1.165, 1.54) is 23.3 Å². The van der Waals surface area contributed by atoms with Crippen LogP contribution in [0.15, 0.2) is 65.1 Å². The predicted octanol–water partition coefficient (Wildman–Crippen LogP) is 5.42. The van der Waals surface area contributed by atoms with Gasteiger partial charge < -0.3 is 24.9 Å². The molecule has 0 fully saturated rings.